The molecule has 0 aromatic heterocycles. The van der Waals surface area contributed by atoms with E-state index < -0.39 is 0 Å². The molecule has 0 radical (unpaired) electrons. The first-order valence-corrected chi connectivity index (χ1v) is 5.59. The van der Waals surface area contributed by atoms with Gasteiger partial charge < -0.3 is 11.1 Å². The lowest BCUT2D eigenvalue weighted by Gasteiger charge is -2.08. The molecule has 0 saturated heterocycles. The van der Waals surface area contributed by atoms with Crippen molar-refractivity contribution in [1.29, 1.82) is 0 Å². The number of nitrogens with two attached hydrogens (primary N) is 1. The molecule has 1 rings (SSSR count). The van der Waals surface area contributed by atoms with Gasteiger partial charge in [0.05, 0.1) is 0 Å². The number of primary amides is 1. The van der Waals surface area contributed by atoms with E-state index in [0.29, 0.717) is 12.3 Å². The van der Waals surface area contributed by atoms with E-state index in [0.717, 1.165) is 18.4 Å². The second-order valence-electron chi connectivity index (χ2n) is 3.55. The zero-order valence-corrected chi connectivity index (χ0v) is 10.7. The highest BCUT2D eigenvalue weighted by Gasteiger charge is 2.29. The molecular formula is C12H24N2O2. The minimum absolute atomic E-state index is 0.0486. The number of carbonyl (C=O) groups is 2. The van der Waals surface area contributed by atoms with Gasteiger partial charge in [-0.3, -0.25) is 9.59 Å². The van der Waals surface area contributed by atoms with Gasteiger partial charge in [0.1, 0.15) is 0 Å². The van der Waals surface area contributed by atoms with E-state index in [4.69, 9.17) is 10.5 Å². The minimum atomic E-state index is -0.175. The highest BCUT2D eigenvalue weighted by atomic mass is 16.1. The van der Waals surface area contributed by atoms with Gasteiger partial charge in [0.2, 0.25) is 12.3 Å². The van der Waals surface area contributed by atoms with Gasteiger partial charge in [-0.2, -0.15) is 0 Å². The zero-order chi connectivity index (χ0) is 13.1. The van der Waals surface area contributed by atoms with Gasteiger partial charge in [-0.25, -0.2) is 0 Å². The van der Waals surface area contributed by atoms with Crippen molar-refractivity contribution in [2.75, 3.05) is 7.05 Å². The van der Waals surface area contributed by atoms with Crippen molar-refractivity contribution >= 4 is 12.3 Å². The van der Waals surface area contributed by atoms with Crippen LogP contribution < -0.4 is 11.1 Å². The maximum absolute atomic E-state index is 10.7. The maximum Gasteiger partial charge on any atom is 0.221 e. The van der Waals surface area contributed by atoms with Crippen LogP contribution in [0.4, 0.5) is 0 Å². The summed E-state index contributed by atoms with van der Waals surface area (Å²) >= 11 is 0. The molecule has 0 bridgehead atoms. The van der Waals surface area contributed by atoms with Crippen molar-refractivity contribution in [3.8, 4) is 0 Å². The fraction of sp³-hybridized carbons (Fsp3) is 0.667. The number of hydrogen-bond acceptors (Lipinski definition) is 2. The number of amides is 2. The van der Waals surface area contributed by atoms with E-state index in [9.17, 15) is 4.79 Å². The summed E-state index contributed by atoms with van der Waals surface area (Å²) < 4.78 is 0. The fourth-order valence-electron chi connectivity index (χ4n) is 1.57. The Morgan fingerprint density at radius 3 is 2.06 bits per heavy atom. The molecule has 0 aliphatic heterocycles. The summed E-state index contributed by atoms with van der Waals surface area (Å²) in [5.74, 6) is 0.281. The van der Waals surface area contributed by atoms with Crippen molar-refractivity contribution in [2.45, 2.75) is 33.6 Å². The molecule has 2 atom stereocenters. The highest BCUT2D eigenvalue weighted by molar-refractivity contribution is 5.77. The Hall–Kier alpha value is -1.32. The van der Waals surface area contributed by atoms with Crippen LogP contribution in [-0.4, -0.2) is 19.4 Å². The molecule has 1 saturated carbocycles. The van der Waals surface area contributed by atoms with E-state index >= 15 is 0 Å². The molecule has 2 amide bonds. The fourth-order valence-corrected chi connectivity index (χ4v) is 1.57. The summed E-state index contributed by atoms with van der Waals surface area (Å²) in [5, 5.41) is 2.25. The molecule has 0 aromatic carbocycles. The molecule has 0 heterocycles. The smallest absolute Gasteiger partial charge is 0.221 e. The summed E-state index contributed by atoms with van der Waals surface area (Å²) in [7, 11) is 1.56. The highest BCUT2D eigenvalue weighted by Crippen LogP contribution is 2.33. The number of allylic oxidation sites excluding steroid dienone is 1. The van der Waals surface area contributed by atoms with Gasteiger partial charge in [-0.05, 0) is 18.8 Å². The predicted molar refractivity (Wildman–Crippen MR) is 66.7 cm³/mol. The monoisotopic (exact) mass is 228 g/mol. The standard InChI is InChI=1S/C8H13NO.C2H5NO.C2H6/c1-5-3-6(2)7(4-5)8(9)10;1-3-2-4;1-2/h6-7H,1,3-4H2,2H3,(H2,9,10);2H,1H3,(H,3,4);1-2H3. The second kappa shape index (κ2) is 10.2. The van der Waals surface area contributed by atoms with Crippen LogP contribution in [0.15, 0.2) is 12.2 Å². The zero-order valence-electron chi connectivity index (χ0n) is 10.7. The van der Waals surface area contributed by atoms with Crippen LogP contribution >= 0.6 is 0 Å². The Kier molecular flexibility index (Phi) is 10.9. The Morgan fingerprint density at radius 1 is 1.50 bits per heavy atom. The van der Waals surface area contributed by atoms with Gasteiger partial charge in [-0.1, -0.05) is 32.9 Å². The molecule has 1 fully saturated rings. The molecule has 2 unspecified atom stereocenters. The van der Waals surface area contributed by atoms with Crippen LogP contribution in [0.1, 0.15) is 33.6 Å². The lowest BCUT2D eigenvalue weighted by molar-refractivity contribution is -0.122. The first kappa shape index (κ1) is 17.1. The van der Waals surface area contributed by atoms with E-state index in [1.54, 1.807) is 7.05 Å². The Balaban J connectivity index is 0. The third-order valence-electron chi connectivity index (χ3n) is 2.29. The average Bonchev–Trinajstić information content (AvgIpc) is 2.61. The van der Waals surface area contributed by atoms with Crippen molar-refractivity contribution in [3.05, 3.63) is 12.2 Å². The second-order valence-corrected chi connectivity index (χ2v) is 3.55. The quantitative estimate of drug-likeness (QED) is 0.555. The van der Waals surface area contributed by atoms with Gasteiger partial charge in [0, 0.05) is 13.0 Å². The molecule has 94 valence electrons. The Bertz CT molecular complexity index is 227. The summed E-state index contributed by atoms with van der Waals surface area (Å²) in [5.41, 5.74) is 6.33. The summed E-state index contributed by atoms with van der Waals surface area (Å²) in [6.07, 6.45) is 2.39. The van der Waals surface area contributed by atoms with Crippen molar-refractivity contribution in [3.63, 3.8) is 0 Å². The van der Waals surface area contributed by atoms with Gasteiger partial charge in [-0.15, -0.1) is 0 Å². The Morgan fingerprint density at radius 2 is 1.94 bits per heavy atom. The number of carbonyl (C=O) groups excluding carboxylic acids is 2. The third-order valence-corrected chi connectivity index (χ3v) is 2.29. The van der Waals surface area contributed by atoms with Crippen LogP contribution in [0.5, 0.6) is 0 Å². The SMILES string of the molecule is C=C1CC(C)C(C(N)=O)C1.CC.CNC=O. The molecule has 16 heavy (non-hydrogen) atoms. The van der Waals surface area contributed by atoms with E-state index in [2.05, 4.69) is 11.9 Å². The molecule has 4 heteroatoms. The van der Waals surface area contributed by atoms with Gasteiger partial charge in [0.15, 0.2) is 0 Å². The minimum Gasteiger partial charge on any atom is -0.369 e. The topological polar surface area (TPSA) is 72.2 Å². The van der Waals surface area contributed by atoms with Crippen LogP contribution in [-0.2, 0) is 9.59 Å². The number of nitrogens with one attached hydrogen (secondary N) is 1. The molecule has 1 aliphatic rings. The predicted octanol–water partition coefficient (Wildman–Crippen LogP) is 1.46. The first-order valence-electron chi connectivity index (χ1n) is 5.59. The molecule has 0 spiro atoms. The molecule has 3 N–H and O–H groups in total. The Labute approximate surface area is 98.3 Å². The average molecular weight is 228 g/mol. The van der Waals surface area contributed by atoms with E-state index in [1.165, 1.54) is 0 Å². The van der Waals surface area contributed by atoms with E-state index in [1.807, 2.05) is 20.8 Å². The summed E-state index contributed by atoms with van der Waals surface area (Å²) in [6.45, 7) is 9.88. The molecule has 4 nitrogen and oxygen atoms in total. The van der Waals surface area contributed by atoms with Crippen LogP contribution in [0.2, 0.25) is 0 Å². The lowest BCUT2D eigenvalue weighted by atomic mass is 9.98. The molecule has 0 aromatic rings. The van der Waals surface area contributed by atoms with E-state index in [-0.39, 0.29) is 11.8 Å². The van der Waals surface area contributed by atoms with Gasteiger partial charge in [0.25, 0.3) is 0 Å². The third kappa shape index (κ3) is 7.04. The van der Waals surface area contributed by atoms with Crippen molar-refractivity contribution in [1.82, 2.24) is 5.32 Å². The van der Waals surface area contributed by atoms with Crippen LogP contribution in [0, 0.1) is 11.8 Å². The first-order chi connectivity index (χ1) is 7.52. The summed E-state index contributed by atoms with van der Waals surface area (Å²) in [6, 6.07) is 0. The normalized spacial score (nSPS) is 22.1. The lowest BCUT2D eigenvalue weighted by Crippen LogP contribution is -2.24. The van der Waals surface area contributed by atoms with Crippen molar-refractivity contribution in [2.24, 2.45) is 17.6 Å². The molecule has 1 aliphatic carbocycles. The van der Waals surface area contributed by atoms with Crippen molar-refractivity contribution < 1.29 is 9.59 Å². The molecular weight excluding hydrogens is 204 g/mol. The largest absolute Gasteiger partial charge is 0.369 e. The maximum atomic E-state index is 10.7. The van der Waals surface area contributed by atoms with Gasteiger partial charge >= 0.3 is 0 Å². The number of rotatable bonds is 2. The van der Waals surface area contributed by atoms with Crippen LogP contribution in [0.3, 0.4) is 0 Å². The summed E-state index contributed by atoms with van der Waals surface area (Å²) in [4.78, 5) is 19.8. The van der Waals surface area contributed by atoms with Crippen LogP contribution in [0.25, 0.3) is 0 Å². The number of hydrogen-bond donors (Lipinski definition) is 2.